The lowest BCUT2D eigenvalue weighted by molar-refractivity contribution is 0.315. The normalized spacial score (nSPS) is 17.4. The summed E-state index contributed by atoms with van der Waals surface area (Å²) < 4.78 is 2.33. The van der Waals surface area contributed by atoms with Crippen LogP contribution in [0.4, 0.5) is 5.69 Å². The fourth-order valence-corrected chi connectivity index (χ4v) is 5.42. The van der Waals surface area contributed by atoms with Crippen LogP contribution < -0.4 is 10.6 Å². The number of anilines is 1. The summed E-state index contributed by atoms with van der Waals surface area (Å²) in [6.07, 6.45) is 2.83. The fraction of sp³-hybridized carbons (Fsp3) is 0.241. The summed E-state index contributed by atoms with van der Waals surface area (Å²) in [6, 6.07) is 29.3. The second-order valence-corrected chi connectivity index (χ2v) is 9.35. The molecule has 2 atom stereocenters. The lowest BCUT2D eigenvalue weighted by atomic mass is 9.96. The Kier molecular flexibility index (Phi) is 6.82. The molecule has 1 aliphatic heterocycles. The molecule has 0 radical (unpaired) electrons. The number of benzene rings is 2. The highest BCUT2D eigenvalue weighted by atomic mass is 32.1. The molecule has 0 aliphatic carbocycles. The Balaban J connectivity index is 1.45. The van der Waals surface area contributed by atoms with E-state index in [4.69, 9.17) is 17.2 Å². The molecule has 0 unspecified atom stereocenters. The van der Waals surface area contributed by atoms with Crippen LogP contribution in [-0.4, -0.2) is 32.7 Å². The van der Waals surface area contributed by atoms with Crippen LogP contribution in [0.5, 0.6) is 0 Å². The molecule has 1 fully saturated rings. The Bertz CT molecular complexity index is 1270. The molecular formula is C29H31N5S. The molecule has 0 bridgehead atoms. The quantitative estimate of drug-likeness (QED) is 0.240. The summed E-state index contributed by atoms with van der Waals surface area (Å²) in [4.78, 5) is 7.04. The number of pyridine rings is 1. The zero-order valence-electron chi connectivity index (χ0n) is 20.2. The van der Waals surface area contributed by atoms with Crippen molar-refractivity contribution in [2.24, 2.45) is 0 Å². The van der Waals surface area contributed by atoms with E-state index in [9.17, 15) is 0 Å². The molecule has 0 spiro atoms. The number of aryl methyl sites for hydroxylation is 1. The van der Waals surface area contributed by atoms with Crippen molar-refractivity contribution in [3.63, 3.8) is 0 Å². The Hall–Kier alpha value is -3.64. The Labute approximate surface area is 212 Å². The van der Waals surface area contributed by atoms with Gasteiger partial charge in [0.25, 0.3) is 0 Å². The molecule has 35 heavy (non-hydrogen) atoms. The van der Waals surface area contributed by atoms with Crippen LogP contribution in [0.15, 0.2) is 91.1 Å². The van der Waals surface area contributed by atoms with Gasteiger partial charge in [-0.05, 0) is 80.5 Å². The first-order chi connectivity index (χ1) is 17.1. The second-order valence-electron chi connectivity index (χ2n) is 8.96. The molecule has 2 aromatic heterocycles. The minimum absolute atomic E-state index is 0.00416. The third kappa shape index (κ3) is 4.80. The van der Waals surface area contributed by atoms with E-state index in [0.717, 1.165) is 36.0 Å². The van der Waals surface area contributed by atoms with Crippen LogP contribution >= 0.6 is 12.2 Å². The van der Waals surface area contributed by atoms with Crippen LogP contribution in [0.2, 0.25) is 0 Å². The van der Waals surface area contributed by atoms with Crippen LogP contribution in [-0.2, 0) is 0 Å². The number of nitrogens with zero attached hydrogens (tertiary/aromatic N) is 3. The Morgan fingerprint density at radius 2 is 1.66 bits per heavy atom. The van der Waals surface area contributed by atoms with Gasteiger partial charge in [0.2, 0.25) is 0 Å². The highest BCUT2D eigenvalue weighted by Gasteiger charge is 2.41. The molecule has 5 nitrogen and oxygen atoms in total. The predicted octanol–water partition coefficient (Wildman–Crippen LogP) is 5.96. The number of nitrogens with one attached hydrogen (secondary N) is 2. The molecule has 5 rings (SSSR count). The minimum atomic E-state index is -0.00416. The predicted molar refractivity (Wildman–Crippen MR) is 147 cm³/mol. The number of para-hydroxylation sites is 2. The fourth-order valence-electron chi connectivity index (χ4n) is 5.08. The first-order valence-corrected chi connectivity index (χ1v) is 12.6. The van der Waals surface area contributed by atoms with Gasteiger partial charge >= 0.3 is 0 Å². The monoisotopic (exact) mass is 481 g/mol. The van der Waals surface area contributed by atoms with Crippen molar-refractivity contribution in [1.82, 2.24) is 19.8 Å². The summed E-state index contributed by atoms with van der Waals surface area (Å²) in [6.45, 7) is 6.12. The van der Waals surface area contributed by atoms with Gasteiger partial charge < -0.3 is 20.1 Å². The number of thiocarbonyl (C=S) groups is 1. The first-order valence-electron chi connectivity index (χ1n) is 12.1. The van der Waals surface area contributed by atoms with Crippen LogP contribution in [0, 0.1) is 13.8 Å². The summed E-state index contributed by atoms with van der Waals surface area (Å²) in [5.74, 6) is 0. The van der Waals surface area contributed by atoms with Gasteiger partial charge in [-0.15, -0.1) is 0 Å². The molecule has 178 valence electrons. The smallest absolute Gasteiger partial charge is 0.170 e. The van der Waals surface area contributed by atoms with E-state index in [1.807, 2.05) is 24.4 Å². The van der Waals surface area contributed by atoms with Crippen molar-refractivity contribution in [1.29, 1.82) is 0 Å². The number of hydrogen-bond donors (Lipinski definition) is 2. The standard InChI is InChI=1S/C29H31N5S/c1-21-20-25(22(2)34(21)24-14-7-4-8-15-24)28-27(26-16-9-10-17-31-26)32-29(35)33(28)19-11-18-30-23-12-5-3-6-13-23/h3-10,12-17,20,27-28,30H,11,18-19H2,1-2H3,(H,32,35)/t27-,28+/m1/s1. The highest BCUT2D eigenvalue weighted by Crippen LogP contribution is 2.41. The van der Waals surface area contributed by atoms with Crippen molar-refractivity contribution in [2.75, 3.05) is 18.4 Å². The van der Waals surface area contributed by atoms with Crippen molar-refractivity contribution in [2.45, 2.75) is 32.4 Å². The molecule has 1 aliphatic rings. The van der Waals surface area contributed by atoms with E-state index < -0.39 is 0 Å². The molecule has 1 saturated heterocycles. The molecule has 4 aromatic rings. The molecule has 2 aromatic carbocycles. The first kappa shape index (κ1) is 23.1. The van der Waals surface area contributed by atoms with E-state index in [0.29, 0.717) is 0 Å². The van der Waals surface area contributed by atoms with Crippen LogP contribution in [0.3, 0.4) is 0 Å². The van der Waals surface area contributed by atoms with Gasteiger partial charge in [-0.3, -0.25) is 4.98 Å². The largest absolute Gasteiger partial charge is 0.385 e. The number of rotatable bonds is 8. The van der Waals surface area contributed by atoms with Crippen LogP contribution in [0.25, 0.3) is 5.69 Å². The maximum atomic E-state index is 5.87. The summed E-state index contributed by atoms with van der Waals surface area (Å²) >= 11 is 5.87. The molecule has 2 N–H and O–H groups in total. The van der Waals surface area contributed by atoms with Crippen molar-refractivity contribution in [3.8, 4) is 5.69 Å². The van der Waals surface area contributed by atoms with E-state index in [1.165, 1.54) is 22.6 Å². The maximum absolute atomic E-state index is 5.87. The second kappa shape index (κ2) is 10.3. The highest BCUT2D eigenvalue weighted by molar-refractivity contribution is 7.80. The lowest BCUT2D eigenvalue weighted by Gasteiger charge is -2.28. The van der Waals surface area contributed by atoms with Crippen molar-refractivity contribution >= 4 is 23.0 Å². The van der Waals surface area contributed by atoms with Gasteiger partial charge in [0.05, 0.1) is 17.8 Å². The van der Waals surface area contributed by atoms with Gasteiger partial charge in [0, 0.05) is 42.0 Å². The van der Waals surface area contributed by atoms with Gasteiger partial charge in [-0.2, -0.15) is 0 Å². The average Bonchev–Trinajstić information content (AvgIpc) is 3.38. The van der Waals surface area contributed by atoms with E-state index in [1.54, 1.807) is 0 Å². The van der Waals surface area contributed by atoms with E-state index in [-0.39, 0.29) is 12.1 Å². The van der Waals surface area contributed by atoms with Crippen molar-refractivity contribution < 1.29 is 0 Å². The summed E-state index contributed by atoms with van der Waals surface area (Å²) in [5.41, 5.74) is 7.06. The number of aromatic nitrogens is 2. The Morgan fingerprint density at radius 1 is 0.943 bits per heavy atom. The molecule has 0 amide bonds. The average molecular weight is 482 g/mol. The zero-order valence-corrected chi connectivity index (χ0v) is 21.0. The summed E-state index contributed by atoms with van der Waals surface area (Å²) in [5, 5.41) is 7.90. The maximum Gasteiger partial charge on any atom is 0.170 e. The number of hydrogen-bond acceptors (Lipinski definition) is 3. The summed E-state index contributed by atoms with van der Waals surface area (Å²) in [7, 11) is 0. The Morgan fingerprint density at radius 3 is 2.37 bits per heavy atom. The lowest BCUT2D eigenvalue weighted by Crippen LogP contribution is -2.31. The minimum Gasteiger partial charge on any atom is -0.385 e. The van der Waals surface area contributed by atoms with Gasteiger partial charge in [-0.25, -0.2) is 0 Å². The van der Waals surface area contributed by atoms with E-state index in [2.05, 4.69) is 101 Å². The molecule has 3 heterocycles. The molecular weight excluding hydrogens is 450 g/mol. The van der Waals surface area contributed by atoms with E-state index >= 15 is 0 Å². The third-order valence-electron chi connectivity index (χ3n) is 6.68. The third-order valence-corrected chi connectivity index (χ3v) is 7.03. The van der Waals surface area contributed by atoms with Gasteiger partial charge in [0.1, 0.15) is 0 Å². The van der Waals surface area contributed by atoms with Crippen molar-refractivity contribution in [3.05, 3.63) is 114 Å². The SMILES string of the molecule is Cc1cc([C@H]2[C@@H](c3ccccn3)NC(=S)N2CCCNc2ccccc2)c(C)n1-c1ccccc1. The zero-order chi connectivity index (χ0) is 24.2. The van der Waals surface area contributed by atoms with Gasteiger partial charge in [-0.1, -0.05) is 42.5 Å². The molecule has 0 saturated carbocycles. The topological polar surface area (TPSA) is 45.1 Å². The molecule has 6 heteroatoms. The van der Waals surface area contributed by atoms with Gasteiger partial charge in [0.15, 0.2) is 5.11 Å². The van der Waals surface area contributed by atoms with Crippen LogP contribution in [0.1, 0.15) is 41.1 Å².